The van der Waals surface area contributed by atoms with Crippen LogP contribution in [0.4, 0.5) is 5.69 Å². The molecule has 0 unspecified atom stereocenters. The van der Waals surface area contributed by atoms with E-state index in [1.54, 1.807) is 10.4 Å². The molecule has 5 rings (SSSR count). The highest BCUT2D eigenvalue weighted by atomic mass is 32.2. The van der Waals surface area contributed by atoms with Crippen LogP contribution >= 0.6 is 0 Å². The van der Waals surface area contributed by atoms with Gasteiger partial charge in [0.25, 0.3) is 0 Å². The molecule has 1 aromatic carbocycles. The molecule has 3 fully saturated rings. The molecule has 0 N–H and O–H groups in total. The van der Waals surface area contributed by atoms with Crippen LogP contribution in [0.2, 0.25) is 0 Å². The largest absolute Gasteiger partial charge is 0.361 e. The normalized spacial score (nSPS) is 24.9. The Morgan fingerprint density at radius 1 is 1.03 bits per heavy atom. The van der Waals surface area contributed by atoms with Crippen LogP contribution in [0.5, 0.6) is 0 Å². The summed E-state index contributed by atoms with van der Waals surface area (Å²) in [6, 6.07) is 5.39. The van der Waals surface area contributed by atoms with Crippen LogP contribution in [0, 0.1) is 0 Å². The van der Waals surface area contributed by atoms with Gasteiger partial charge in [0, 0.05) is 56.7 Å². The number of hydrogen-bond donors (Lipinski definition) is 0. The third kappa shape index (κ3) is 3.83. The van der Waals surface area contributed by atoms with Crippen LogP contribution in [0.3, 0.4) is 0 Å². The van der Waals surface area contributed by atoms with Gasteiger partial charge in [-0.2, -0.15) is 4.31 Å². The molecule has 0 aromatic heterocycles. The van der Waals surface area contributed by atoms with Gasteiger partial charge >= 0.3 is 0 Å². The average Bonchev–Trinajstić information content (AvgIpc) is 3.50. The number of sulfonamides is 1. The fraction of sp³-hybridized carbons (Fsp3) is 0.696. The van der Waals surface area contributed by atoms with Gasteiger partial charge in [0.05, 0.1) is 24.7 Å². The quantitative estimate of drug-likeness (QED) is 0.679. The number of anilines is 1. The molecule has 32 heavy (non-hydrogen) atoms. The minimum atomic E-state index is -3.61. The Bertz CT molecular complexity index is 987. The minimum Gasteiger partial charge on any atom is -0.361 e. The molecule has 0 saturated carbocycles. The predicted molar refractivity (Wildman–Crippen MR) is 120 cm³/mol. The van der Waals surface area contributed by atoms with E-state index in [0.717, 1.165) is 37.2 Å². The van der Waals surface area contributed by atoms with E-state index in [2.05, 4.69) is 18.7 Å². The summed E-state index contributed by atoms with van der Waals surface area (Å²) in [5.74, 6) is -0.449. The van der Waals surface area contributed by atoms with E-state index >= 15 is 0 Å². The van der Waals surface area contributed by atoms with Gasteiger partial charge in [-0.15, -0.1) is 0 Å². The summed E-state index contributed by atoms with van der Waals surface area (Å²) in [6.45, 7) is 8.87. The zero-order valence-electron chi connectivity index (χ0n) is 19.0. The van der Waals surface area contributed by atoms with Crippen LogP contribution in [-0.2, 0) is 29.7 Å². The van der Waals surface area contributed by atoms with Crippen molar-refractivity contribution in [3.63, 3.8) is 0 Å². The molecule has 4 aliphatic rings. The van der Waals surface area contributed by atoms with Crippen LogP contribution in [0.1, 0.15) is 45.1 Å². The SMILES string of the molecule is CC1(C)CN(CC(=O)N2CCCC2)c2ccc(S(=O)(=O)N3CCC4(CC3)OCCO4)cc21. The lowest BCUT2D eigenvalue weighted by Crippen LogP contribution is -2.47. The zero-order valence-corrected chi connectivity index (χ0v) is 19.8. The highest BCUT2D eigenvalue weighted by Gasteiger charge is 2.43. The number of nitrogens with zero attached hydrogens (tertiary/aromatic N) is 3. The first-order chi connectivity index (χ1) is 15.2. The van der Waals surface area contributed by atoms with Crippen molar-refractivity contribution in [2.24, 2.45) is 0 Å². The summed E-state index contributed by atoms with van der Waals surface area (Å²) < 4.78 is 39.8. The fourth-order valence-corrected chi connectivity index (χ4v) is 6.98. The van der Waals surface area contributed by atoms with Crippen LogP contribution in [0.15, 0.2) is 23.1 Å². The van der Waals surface area contributed by atoms with E-state index in [-0.39, 0.29) is 11.3 Å². The molecule has 0 bridgehead atoms. The molecule has 8 nitrogen and oxygen atoms in total. The summed E-state index contributed by atoms with van der Waals surface area (Å²) in [5, 5.41) is 0. The topological polar surface area (TPSA) is 79.4 Å². The third-order valence-electron chi connectivity index (χ3n) is 7.34. The van der Waals surface area contributed by atoms with Gasteiger partial charge in [-0.1, -0.05) is 13.8 Å². The van der Waals surface area contributed by atoms with Crippen LogP contribution in [0.25, 0.3) is 0 Å². The van der Waals surface area contributed by atoms with Crippen LogP contribution < -0.4 is 4.90 Å². The van der Waals surface area contributed by atoms with Gasteiger partial charge in [-0.25, -0.2) is 8.42 Å². The summed E-state index contributed by atoms with van der Waals surface area (Å²) in [4.78, 5) is 17.1. The Balaban J connectivity index is 1.35. The van der Waals surface area contributed by atoms with Crippen molar-refractivity contribution < 1.29 is 22.7 Å². The zero-order chi connectivity index (χ0) is 22.6. The number of rotatable bonds is 4. The number of carbonyl (C=O) groups is 1. The molecule has 1 amide bonds. The Morgan fingerprint density at radius 3 is 2.34 bits per heavy atom. The van der Waals surface area contributed by atoms with E-state index < -0.39 is 15.8 Å². The van der Waals surface area contributed by atoms with E-state index in [1.807, 2.05) is 17.0 Å². The second-order valence-corrected chi connectivity index (χ2v) is 12.0. The van der Waals surface area contributed by atoms with Crippen LogP contribution in [-0.4, -0.2) is 81.8 Å². The van der Waals surface area contributed by atoms with Gasteiger partial charge in [0.15, 0.2) is 5.79 Å². The molecule has 0 radical (unpaired) electrons. The molecule has 0 aliphatic carbocycles. The van der Waals surface area contributed by atoms with Crippen molar-refractivity contribution in [2.45, 2.75) is 55.6 Å². The van der Waals surface area contributed by atoms with Crippen molar-refractivity contribution in [1.82, 2.24) is 9.21 Å². The Morgan fingerprint density at radius 2 is 1.69 bits per heavy atom. The number of ether oxygens (including phenoxy) is 2. The molecule has 9 heteroatoms. The monoisotopic (exact) mass is 463 g/mol. The number of likely N-dealkylation sites (tertiary alicyclic amines) is 1. The van der Waals surface area contributed by atoms with Crippen molar-refractivity contribution in [2.75, 3.05) is 57.4 Å². The van der Waals surface area contributed by atoms with E-state index in [4.69, 9.17) is 9.47 Å². The molecule has 4 heterocycles. The average molecular weight is 464 g/mol. The molecule has 1 spiro atoms. The van der Waals surface area contributed by atoms with Gasteiger partial charge < -0.3 is 19.3 Å². The summed E-state index contributed by atoms with van der Waals surface area (Å²) in [5.41, 5.74) is 1.72. The lowest BCUT2D eigenvalue weighted by molar-refractivity contribution is -0.179. The molecular weight excluding hydrogens is 430 g/mol. The number of fused-ring (bicyclic) bond motifs is 1. The molecule has 1 aromatic rings. The predicted octanol–water partition coefficient (Wildman–Crippen LogP) is 1.93. The third-order valence-corrected chi connectivity index (χ3v) is 9.24. The Labute approximate surface area is 190 Å². The summed E-state index contributed by atoms with van der Waals surface area (Å²) in [6.07, 6.45) is 3.25. The first-order valence-corrected chi connectivity index (χ1v) is 13.1. The fourth-order valence-electron chi connectivity index (χ4n) is 5.51. The molecular formula is C23H33N3O5S. The lowest BCUT2D eigenvalue weighted by Gasteiger charge is -2.36. The summed E-state index contributed by atoms with van der Waals surface area (Å²) in [7, 11) is -3.61. The second-order valence-electron chi connectivity index (χ2n) is 10.0. The number of piperidine rings is 1. The lowest BCUT2D eigenvalue weighted by atomic mass is 9.87. The number of hydrogen-bond acceptors (Lipinski definition) is 6. The molecule has 176 valence electrons. The van der Waals surface area contributed by atoms with Crippen molar-refractivity contribution >= 4 is 21.6 Å². The van der Waals surface area contributed by atoms with Gasteiger partial charge in [-0.3, -0.25) is 4.79 Å². The molecule has 3 saturated heterocycles. The van der Waals surface area contributed by atoms with Gasteiger partial charge in [-0.05, 0) is 36.6 Å². The maximum atomic E-state index is 13.4. The maximum Gasteiger partial charge on any atom is 0.243 e. The number of amides is 1. The highest BCUT2D eigenvalue weighted by Crippen LogP contribution is 2.42. The standard InChI is InChI=1S/C23H33N3O5S/c1-22(2)17-25(16-21(27)24-9-3-4-10-24)20-6-5-18(15-19(20)22)32(28,29)26-11-7-23(8-12-26)30-13-14-31-23/h5-6,15H,3-4,7-14,16-17H2,1-2H3. The number of benzene rings is 1. The summed E-state index contributed by atoms with van der Waals surface area (Å²) >= 11 is 0. The minimum absolute atomic E-state index is 0.154. The van der Waals surface area contributed by atoms with E-state index in [0.29, 0.717) is 57.1 Å². The Kier molecular flexibility index (Phi) is 5.51. The smallest absolute Gasteiger partial charge is 0.243 e. The van der Waals surface area contributed by atoms with Crippen molar-refractivity contribution in [1.29, 1.82) is 0 Å². The van der Waals surface area contributed by atoms with Gasteiger partial charge in [0.2, 0.25) is 15.9 Å². The van der Waals surface area contributed by atoms with Gasteiger partial charge in [0.1, 0.15) is 0 Å². The second kappa shape index (κ2) is 7.97. The Hall–Kier alpha value is -1.68. The first kappa shape index (κ1) is 22.1. The highest BCUT2D eigenvalue weighted by molar-refractivity contribution is 7.89. The first-order valence-electron chi connectivity index (χ1n) is 11.7. The van der Waals surface area contributed by atoms with E-state index in [1.165, 1.54) is 0 Å². The van der Waals surface area contributed by atoms with E-state index in [9.17, 15) is 13.2 Å². The molecule has 4 aliphatic heterocycles. The maximum absolute atomic E-state index is 13.4. The van der Waals surface area contributed by atoms with Crippen molar-refractivity contribution in [3.8, 4) is 0 Å². The van der Waals surface area contributed by atoms with Crippen molar-refractivity contribution in [3.05, 3.63) is 23.8 Å². The number of carbonyl (C=O) groups excluding carboxylic acids is 1. The molecule has 0 atom stereocenters.